The van der Waals surface area contributed by atoms with E-state index in [4.69, 9.17) is 0 Å². The number of nitrogens with one attached hydrogen (secondary N) is 2. The summed E-state index contributed by atoms with van der Waals surface area (Å²) in [5, 5.41) is 6.07. The summed E-state index contributed by atoms with van der Waals surface area (Å²) in [4.78, 5) is 16.2. The van der Waals surface area contributed by atoms with Crippen LogP contribution < -0.4 is 10.6 Å². The number of anilines is 1. The van der Waals surface area contributed by atoms with Crippen molar-refractivity contribution < 1.29 is 9.18 Å². The zero-order valence-corrected chi connectivity index (χ0v) is 14.2. The largest absolute Gasteiger partial charge is 0.385 e. The SMILES string of the molecule is CC(C)CCNC(=O)c1cc(NCCc2ccccc2F)ccn1. The van der Waals surface area contributed by atoms with E-state index in [1.165, 1.54) is 6.07 Å². The van der Waals surface area contributed by atoms with Gasteiger partial charge in [0, 0.05) is 25.0 Å². The first-order chi connectivity index (χ1) is 11.6. The molecule has 0 saturated heterocycles. The number of aromatic nitrogens is 1. The van der Waals surface area contributed by atoms with Crippen molar-refractivity contribution in [3.8, 4) is 0 Å². The Hall–Kier alpha value is -2.43. The first kappa shape index (κ1) is 17.9. The molecule has 2 aromatic rings. The van der Waals surface area contributed by atoms with Gasteiger partial charge in [-0.3, -0.25) is 9.78 Å². The molecule has 5 heteroatoms. The molecular formula is C19H24FN3O. The third-order valence-corrected chi connectivity index (χ3v) is 3.68. The molecule has 128 valence electrons. The first-order valence-electron chi connectivity index (χ1n) is 8.28. The highest BCUT2D eigenvalue weighted by Gasteiger charge is 2.08. The van der Waals surface area contributed by atoms with E-state index in [1.807, 2.05) is 6.07 Å². The molecule has 1 heterocycles. The fraction of sp³-hybridized carbons (Fsp3) is 0.368. The van der Waals surface area contributed by atoms with E-state index in [0.717, 1.165) is 12.1 Å². The van der Waals surface area contributed by atoms with E-state index in [0.29, 0.717) is 36.7 Å². The lowest BCUT2D eigenvalue weighted by Crippen LogP contribution is -2.26. The van der Waals surface area contributed by atoms with Crippen molar-refractivity contribution in [1.29, 1.82) is 0 Å². The van der Waals surface area contributed by atoms with Gasteiger partial charge in [-0.15, -0.1) is 0 Å². The average molecular weight is 329 g/mol. The molecule has 0 unspecified atom stereocenters. The van der Waals surface area contributed by atoms with Gasteiger partial charge >= 0.3 is 0 Å². The fourth-order valence-electron chi connectivity index (χ4n) is 2.27. The van der Waals surface area contributed by atoms with Crippen molar-refractivity contribution in [2.75, 3.05) is 18.4 Å². The number of carbonyl (C=O) groups excluding carboxylic acids is 1. The predicted octanol–water partition coefficient (Wildman–Crippen LogP) is 3.65. The maximum atomic E-state index is 13.6. The average Bonchev–Trinajstić information content (AvgIpc) is 2.56. The molecule has 0 fully saturated rings. The molecule has 2 rings (SSSR count). The summed E-state index contributed by atoms with van der Waals surface area (Å²) in [5.74, 6) is 0.178. The number of amides is 1. The minimum Gasteiger partial charge on any atom is -0.385 e. The molecular weight excluding hydrogens is 305 g/mol. The van der Waals surface area contributed by atoms with E-state index >= 15 is 0 Å². The minimum absolute atomic E-state index is 0.173. The van der Waals surface area contributed by atoms with Gasteiger partial charge in [0.15, 0.2) is 0 Å². The molecule has 1 aromatic carbocycles. The number of hydrogen-bond donors (Lipinski definition) is 2. The van der Waals surface area contributed by atoms with Gasteiger partial charge in [-0.1, -0.05) is 32.0 Å². The Labute approximate surface area is 142 Å². The van der Waals surface area contributed by atoms with E-state index in [2.05, 4.69) is 29.5 Å². The summed E-state index contributed by atoms with van der Waals surface area (Å²) in [6.45, 7) is 5.46. The molecule has 0 spiro atoms. The summed E-state index contributed by atoms with van der Waals surface area (Å²) in [6, 6.07) is 10.3. The van der Waals surface area contributed by atoms with Gasteiger partial charge < -0.3 is 10.6 Å². The van der Waals surface area contributed by atoms with Crippen LogP contribution in [0.15, 0.2) is 42.6 Å². The molecule has 1 aromatic heterocycles. The van der Waals surface area contributed by atoms with Crippen LogP contribution >= 0.6 is 0 Å². The van der Waals surface area contributed by atoms with Crippen LogP contribution in [0.1, 0.15) is 36.3 Å². The van der Waals surface area contributed by atoms with Gasteiger partial charge in [0.25, 0.3) is 5.91 Å². The van der Waals surface area contributed by atoms with Crippen molar-refractivity contribution >= 4 is 11.6 Å². The smallest absolute Gasteiger partial charge is 0.269 e. The minimum atomic E-state index is -0.195. The van der Waals surface area contributed by atoms with Gasteiger partial charge in [-0.25, -0.2) is 4.39 Å². The maximum Gasteiger partial charge on any atom is 0.269 e. The number of nitrogens with zero attached hydrogens (tertiary/aromatic N) is 1. The molecule has 0 aliphatic rings. The highest BCUT2D eigenvalue weighted by atomic mass is 19.1. The quantitative estimate of drug-likeness (QED) is 0.777. The summed E-state index contributed by atoms with van der Waals surface area (Å²) in [5.41, 5.74) is 1.86. The second kappa shape index (κ2) is 9.01. The van der Waals surface area contributed by atoms with Crippen LogP contribution in [0.4, 0.5) is 10.1 Å². The summed E-state index contributed by atoms with van der Waals surface area (Å²) >= 11 is 0. The van der Waals surface area contributed by atoms with Crippen LogP contribution in [-0.2, 0) is 6.42 Å². The molecule has 0 aliphatic heterocycles. The van der Waals surface area contributed by atoms with Crippen LogP contribution in [0.5, 0.6) is 0 Å². The van der Waals surface area contributed by atoms with Crippen molar-refractivity contribution in [2.24, 2.45) is 5.92 Å². The van der Waals surface area contributed by atoms with Crippen molar-refractivity contribution in [1.82, 2.24) is 10.3 Å². The van der Waals surface area contributed by atoms with Crippen LogP contribution in [0.3, 0.4) is 0 Å². The Kier molecular flexibility index (Phi) is 6.73. The Balaban J connectivity index is 1.86. The normalized spacial score (nSPS) is 10.7. The van der Waals surface area contributed by atoms with E-state index in [9.17, 15) is 9.18 Å². The van der Waals surface area contributed by atoms with E-state index in [1.54, 1.807) is 30.5 Å². The summed E-state index contributed by atoms with van der Waals surface area (Å²) in [7, 11) is 0. The number of pyridine rings is 1. The standard InChI is InChI=1S/C19H24FN3O/c1-14(2)7-10-23-19(24)18-13-16(9-12-22-18)21-11-8-15-5-3-4-6-17(15)20/h3-6,9,12-14H,7-8,10-11H2,1-2H3,(H,21,22)(H,23,24). The molecule has 0 aliphatic carbocycles. The highest BCUT2D eigenvalue weighted by molar-refractivity contribution is 5.93. The van der Waals surface area contributed by atoms with Crippen LogP contribution in [0, 0.1) is 11.7 Å². The van der Waals surface area contributed by atoms with E-state index in [-0.39, 0.29) is 11.7 Å². The number of hydrogen-bond acceptors (Lipinski definition) is 3. The second-order valence-electron chi connectivity index (χ2n) is 6.14. The van der Waals surface area contributed by atoms with Crippen LogP contribution in [0.25, 0.3) is 0 Å². The number of carbonyl (C=O) groups is 1. The lowest BCUT2D eigenvalue weighted by Gasteiger charge is -2.09. The fourth-order valence-corrected chi connectivity index (χ4v) is 2.27. The molecule has 0 atom stereocenters. The Bertz CT molecular complexity index is 673. The van der Waals surface area contributed by atoms with Crippen LogP contribution in [-0.4, -0.2) is 24.0 Å². The van der Waals surface area contributed by atoms with Gasteiger partial charge in [0.1, 0.15) is 11.5 Å². The number of benzene rings is 1. The monoisotopic (exact) mass is 329 g/mol. The lowest BCUT2D eigenvalue weighted by molar-refractivity contribution is 0.0947. The molecule has 0 saturated carbocycles. The van der Waals surface area contributed by atoms with Crippen LogP contribution in [0.2, 0.25) is 0 Å². The summed E-state index contributed by atoms with van der Waals surface area (Å²) in [6.07, 6.45) is 3.11. The van der Waals surface area contributed by atoms with Gasteiger partial charge in [0.2, 0.25) is 0 Å². The predicted molar refractivity (Wildman–Crippen MR) is 94.6 cm³/mol. The van der Waals surface area contributed by atoms with Crippen molar-refractivity contribution in [2.45, 2.75) is 26.7 Å². The Morgan fingerprint density at radius 3 is 2.75 bits per heavy atom. The maximum absolute atomic E-state index is 13.6. The van der Waals surface area contributed by atoms with Gasteiger partial charge in [-0.2, -0.15) is 0 Å². The summed E-state index contributed by atoms with van der Waals surface area (Å²) < 4.78 is 13.6. The molecule has 0 bridgehead atoms. The number of rotatable bonds is 8. The van der Waals surface area contributed by atoms with Crippen molar-refractivity contribution in [3.05, 3.63) is 59.7 Å². The third-order valence-electron chi connectivity index (χ3n) is 3.68. The zero-order chi connectivity index (χ0) is 17.4. The zero-order valence-electron chi connectivity index (χ0n) is 14.2. The topological polar surface area (TPSA) is 54.0 Å². The highest BCUT2D eigenvalue weighted by Crippen LogP contribution is 2.10. The molecule has 1 amide bonds. The molecule has 0 radical (unpaired) electrons. The lowest BCUT2D eigenvalue weighted by atomic mass is 10.1. The van der Waals surface area contributed by atoms with E-state index < -0.39 is 0 Å². The third kappa shape index (κ3) is 5.65. The molecule has 24 heavy (non-hydrogen) atoms. The Morgan fingerprint density at radius 2 is 2.00 bits per heavy atom. The van der Waals surface area contributed by atoms with Crippen molar-refractivity contribution in [3.63, 3.8) is 0 Å². The number of halogens is 1. The molecule has 2 N–H and O–H groups in total. The van der Waals surface area contributed by atoms with Gasteiger partial charge in [0.05, 0.1) is 0 Å². The Morgan fingerprint density at radius 1 is 1.21 bits per heavy atom. The molecule has 4 nitrogen and oxygen atoms in total. The van der Waals surface area contributed by atoms with Gasteiger partial charge in [-0.05, 0) is 42.5 Å². The first-order valence-corrected chi connectivity index (χ1v) is 8.28. The second-order valence-corrected chi connectivity index (χ2v) is 6.14.